The summed E-state index contributed by atoms with van der Waals surface area (Å²) in [6.45, 7) is 7.17. The highest BCUT2D eigenvalue weighted by atomic mass is 35.5. The van der Waals surface area contributed by atoms with Gasteiger partial charge in [0.15, 0.2) is 0 Å². The van der Waals surface area contributed by atoms with Gasteiger partial charge >= 0.3 is 12.2 Å². The molecule has 192 valence electrons. The Bertz CT molecular complexity index is 628. The average molecular weight is 530 g/mol. The Morgan fingerprint density at radius 3 is 1.97 bits per heavy atom. The molecule has 0 spiro atoms. The standard InChI is InChI=1S/C22H37ClN4O4.2ClH/c1-3-5-10-25-21(28)30-14-12-27(13-15-31-22(29)26-11-6-4-2)17-20(24)18-8-7-9-19(23)16-18;;/h7-9,16,20H,3-6,10-15,17,24H2,1-2H3,(H,25,28)(H,26,29);2*1H. The first-order valence-corrected chi connectivity index (χ1v) is 11.4. The number of hydrogen-bond acceptors (Lipinski definition) is 6. The lowest BCUT2D eigenvalue weighted by atomic mass is 10.1. The van der Waals surface area contributed by atoms with Crippen molar-refractivity contribution in [2.45, 2.75) is 45.6 Å². The molecule has 1 atom stereocenters. The third-order valence-corrected chi connectivity index (χ3v) is 4.85. The third kappa shape index (κ3) is 16.8. The predicted molar refractivity (Wildman–Crippen MR) is 138 cm³/mol. The zero-order chi connectivity index (χ0) is 22.9. The van der Waals surface area contributed by atoms with Gasteiger partial charge in [-0.1, -0.05) is 50.4 Å². The topological polar surface area (TPSA) is 106 Å². The van der Waals surface area contributed by atoms with Gasteiger partial charge in [0.1, 0.15) is 13.2 Å². The van der Waals surface area contributed by atoms with Crippen LogP contribution in [0.25, 0.3) is 0 Å². The first-order valence-electron chi connectivity index (χ1n) is 11.0. The number of nitrogens with one attached hydrogen (secondary N) is 2. The van der Waals surface area contributed by atoms with Crippen molar-refractivity contribution in [3.63, 3.8) is 0 Å². The quantitative estimate of drug-likeness (QED) is 0.288. The summed E-state index contributed by atoms with van der Waals surface area (Å²) in [7, 11) is 0. The van der Waals surface area contributed by atoms with E-state index in [2.05, 4.69) is 24.5 Å². The van der Waals surface area contributed by atoms with Crippen LogP contribution in [0, 0.1) is 0 Å². The van der Waals surface area contributed by atoms with Gasteiger partial charge in [0.25, 0.3) is 0 Å². The summed E-state index contributed by atoms with van der Waals surface area (Å²) in [5, 5.41) is 6.06. The fourth-order valence-corrected chi connectivity index (χ4v) is 2.99. The highest BCUT2D eigenvalue weighted by molar-refractivity contribution is 6.30. The van der Waals surface area contributed by atoms with Gasteiger partial charge in [0, 0.05) is 43.8 Å². The van der Waals surface area contributed by atoms with Crippen molar-refractivity contribution in [3.8, 4) is 0 Å². The van der Waals surface area contributed by atoms with Crippen molar-refractivity contribution in [2.24, 2.45) is 5.73 Å². The average Bonchev–Trinajstić information content (AvgIpc) is 2.74. The second kappa shape index (κ2) is 21.1. The molecular weight excluding hydrogens is 491 g/mol. The van der Waals surface area contributed by atoms with Gasteiger partial charge in [-0.2, -0.15) is 0 Å². The maximum atomic E-state index is 11.7. The van der Waals surface area contributed by atoms with Crippen LogP contribution in [0.1, 0.15) is 51.1 Å². The zero-order valence-electron chi connectivity index (χ0n) is 19.5. The molecule has 1 aromatic rings. The molecule has 1 unspecified atom stereocenters. The lowest BCUT2D eigenvalue weighted by molar-refractivity contribution is 0.104. The molecular formula is C22H39Cl3N4O4. The summed E-state index contributed by atoms with van der Waals surface area (Å²) >= 11 is 6.07. The normalized spacial score (nSPS) is 11.1. The molecule has 0 bridgehead atoms. The van der Waals surface area contributed by atoms with Crippen molar-refractivity contribution >= 4 is 48.6 Å². The molecule has 2 amide bonds. The summed E-state index contributed by atoms with van der Waals surface area (Å²) in [6.07, 6.45) is 2.96. The first-order chi connectivity index (χ1) is 15.0. The van der Waals surface area contributed by atoms with Crippen molar-refractivity contribution in [1.82, 2.24) is 15.5 Å². The predicted octanol–water partition coefficient (Wildman–Crippen LogP) is 4.54. The molecule has 11 heteroatoms. The first kappa shape index (κ1) is 33.7. The van der Waals surface area contributed by atoms with Crippen LogP contribution in [-0.2, 0) is 9.47 Å². The number of amides is 2. The molecule has 0 fully saturated rings. The van der Waals surface area contributed by atoms with E-state index < -0.39 is 12.2 Å². The molecule has 8 nitrogen and oxygen atoms in total. The summed E-state index contributed by atoms with van der Waals surface area (Å²) in [6, 6.07) is 7.13. The van der Waals surface area contributed by atoms with Crippen molar-refractivity contribution in [3.05, 3.63) is 34.9 Å². The number of hydrogen-bond donors (Lipinski definition) is 3. The highest BCUT2D eigenvalue weighted by Gasteiger charge is 2.15. The van der Waals surface area contributed by atoms with Gasteiger partial charge in [-0.15, -0.1) is 24.8 Å². The summed E-state index contributed by atoms with van der Waals surface area (Å²) in [4.78, 5) is 25.5. The third-order valence-electron chi connectivity index (χ3n) is 4.61. The van der Waals surface area contributed by atoms with E-state index >= 15 is 0 Å². The second-order valence-electron chi connectivity index (χ2n) is 7.29. The van der Waals surface area contributed by atoms with E-state index in [1.54, 1.807) is 6.07 Å². The molecule has 0 aromatic heterocycles. The molecule has 0 saturated carbocycles. The van der Waals surface area contributed by atoms with Crippen molar-refractivity contribution < 1.29 is 19.1 Å². The van der Waals surface area contributed by atoms with E-state index in [1.165, 1.54) is 0 Å². The van der Waals surface area contributed by atoms with E-state index in [-0.39, 0.29) is 44.1 Å². The lowest BCUT2D eigenvalue weighted by Crippen LogP contribution is -2.39. The molecule has 0 aliphatic heterocycles. The number of alkyl carbamates (subject to hydrolysis) is 2. The highest BCUT2D eigenvalue weighted by Crippen LogP contribution is 2.17. The van der Waals surface area contributed by atoms with E-state index in [9.17, 15) is 9.59 Å². The molecule has 0 aliphatic rings. The fraction of sp³-hybridized carbons (Fsp3) is 0.636. The lowest BCUT2D eigenvalue weighted by Gasteiger charge is -2.25. The minimum Gasteiger partial charge on any atom is -0.448 e. The van der Waals surface area contributed by atoms with Crippen LogP contribution in [0.15, 0.2) is 24.3 Å². The number of nitrogens with two attached hydrogens (primary N) is 1. The van der Waals surface area contributed by atoms with Gasteiger partial charge in [-0.05, 0) is 30.5 Å². The maximum Gasteiger partial charge on any atom is 0.407 e. The smallest absolute Gasteiger partial charge is 0.407 e. The van der Waals surface area contributed by atoms with Gasteiger partial charge < -0.3 is 25.8 Å². The summed E-state index contributed by atoms with van der Waals surface area (Å²) < 4.78 is 10.5. The Labute approximate surface area is 215 Å². The molecule has 1 aromatic carbocycles. The maximum absolute atomic E-state index is 11.7. The molecule has 1 rings (SSSR count). The number of benzene rings is 1. The Morgan fingerprint density at radius 2 is 1.52 bits per heavy atom. The largest absolute Gasteiger partial charge is 0.448 e. The molecule has 0 saturated heterocycles. The van der Waals surface area contributed by atoms with E-state index in [4.69, 9.17) is 26.8 Å². The molecule has 0 heterocycles. The molecule has 33 heavy (non-hydrogen) atoms. The minimum atomic E-state index is -0.431. The minimum absolute atomic E-state index is 0. The Morgan fingerprint density at radius 1 is 1.00 bits per heavy atom. The van der Waals surface area contributed by atoms with E-state index in [0.717, 1.165) is 31.2 Å². The molecule has 0 radical (unpaired) electrons. The molecule has 0 aliphatic carbocycles. The number of unbranched alkanes of at least 4 members (excludes halogenated alkanes) is 2. The van der Waals surface area contributed by atoms with E-state index in [0.29, 0.717) is 37.7 Å². The molecule has 4 N–H and O–H groups in total. The van der Waals surface area contributed by atoms with Crippen LogP contribution in [0.4, 0.5) is 9.59 Å². The number of halogens is 3. The fourth-order valence-electron chi connectivity index (χ4n) is 2.79. The van der Waals surface area contributed by atoms with Crippen LogP contribution in [-0.4, -0.2) is 63.0 Å². The summed E-state index contributed by atoms with van der Waals surface area (Å²) in [5.41, 5.74) is 7.26. The van der Waals surface area contributed by atoms with Gasteiger partial charge in [-0.25, -0.2) is 9.59 Å². The number of carbonyl (C=O) groups excluding carboxylic acids is 2. The zero-order valence-corrected chi connectivity index (χ0v) is 21.9. The van der Waals surface area contributed by atoms with Crippen LogP contribution < -0.4 is 16.4 Å². The number of ether oxygens (including phenoxy) is 2. The SMILES string of the molecule is CCCCNC(=O)OCCN(CCOC(=O)NCCCC)CC(N)c1cccc(Cl)c1.Cl.Cl. The monoisotopic (exact) mass is 528 g/mol. The Hall–Kier alpha value is -1.45. The Balaban J connectivity index is 0. The second-order valence-corrected chi connectivity index (χ2v) is 7.73. The van der Waals surface area contributed by atoms with Crippen LogP contribution in [0.2, 0.25) is 5.02 Å². The van der Waals surface area contributed by atoms with Gasteiger partial charge in [0.05, 0.1) is 0 Å². The summed E-state index contributed by atoms with van der Waals surface area (Å²) in [5.74, 6) is 0. The van der Waals surface area contributed by atoms with Crippen molar-refractivity contribution in [1.29, 1.82) is 0 Å². The van der Waals surface area contributed by atoms with Crippen LogP contribution in [0.5, 0.6) is 0 Å². The number of carbonyl (C=O) groups is 2. The van der Waals surface area contributed by atoms with Crippen LogP contribution >= 0.6 is 36.4 Å². The number of nitrogens with zero attached hydrogens (tertiary/aromatic N) is 1. The van der Waals surface area contributed by atoms with Crippen LogP contribution in [0.3, 0.4) is 0 Å². The van der Waals surface area contributed by atoms with Gasteiger partial charge in [0.2, 0.25) is 0 Å². The Kier molecular flexibility index (Phi) is 21.6. The van der Waals surface area contributed by atoms with Gasteiger partial charge in [-0.3, -0.25) is 4.90 Å². The van der Waals surface area contributed by atoms with E-state index in [1.807, 2.05) is 23.1 Å². The van der Waals surface area contributed by atoms with Crippen molar-refractivity contribution in [2.75, 3.05) is 45.9 Å². The number of rotatable bonds is 15.